The molecule has 0 fully saturated rings. The predicted octanol–water partition coefficient (Wildman–Crippen LogP) is 4.91. The van der Waals surface area contributed by atoms with Crippen LogP contribution < -0.4 is 4.90 Å². The first-order valence-electron chi connectivity index (χ1n) is 7.45. The molecule has 0 saturated heterocycles. The van der Waals surface area contributed by atoms with Gasteiger partial charge < -0.3 is 10.0 Å². The van der Waals surface area contributed by atoms with Crippen LogP contribution in [0.15, 0.2) is 83.9 Å². The van der Waals surface area contributed by atoms with Crippen LogP contribution in [0.3, 0.4) is 0 Å². The first-order chi connectivity index (χ1) is 11.2. The lowest BCUT2D eigenvalue weighted by Gasteiger charge is -2.19. The molecule has 0 heterocycles. The molecule has 0 aliphatic heterocycles. The molecule has 0 radical (unpaired) electrons. The number of aliphatic imine (C=N–C) groups is 1. The number of anilines is 2. The van der Waals surface area contributed by atoms with Crippen LogP contribution in [-0.2, 0) is 0 Å². The number of hydrogen-bond donors (Lipinski definition) is 1. The summed E-state index contributed by atoms with van der Waals surface area (Å²) >= 11 is 0. The van der Waals surface area contributed by atoms with E-state index in [1.807, 2.05) is 43.4 Å². The third-order valence-electron chi connectivity index (χ3n) is 3.66. The van der Waals surface area contributed by atoms with Crippen molar-refractivity contribution in [3.05, 3.63) is 84.4 Å². The summed E-state index contributed by atoms with van der Waals surface area (Å²) < 4.78 is 0. The molecule has 3 aromatic rings. The Morgan fingerprint density at radius 3 is 2.09 bits per heavy atom. The van der Waals surface area contributed by atoms with Gasteiger partial charge in [0.1, 0.15) is 11.4 Å². The second-order valence-corrected chi connectivity index (χ2v) is 5.23. The first kappa shape index (κ1) is 14.9. The van der Waals surface area contributed by atoms with Crippen LogP contribution in [0.4, 0.5) is 17.1 Å². The molecule has 3 nitrogen and oxygen atoms in total. The number of hydrogen-bond acceptors (Lipinski definition) is 3. The number of benzene rings is 3. The number of para-hydroxylation sites is 3. The normalized spacial score (nSPS) is 10.8. The summed E-state index contributed by atoms with van der Waals surface area (Å²) in [7, 11) is 2.04. The number of nitrogens with zero attached hydrogens (tertiary/aromatic N) is 2. The Labute approximate surface area is 136 Å². The maximum atomic E-state index is 9.71. The summed E-state index contributed by atoms with van der Waals surface area (Å²) in [6.45, 7) is 0. The second kappa shape index (κ2) is 6.79. The molecule has 0 unspecified atom stereocenters. The lowest BCUT2D eigenvalue weighted by Crippen LogP contribution is -2.08. The lowest BCUT2D eigenvalue weighted by atomic mass is 10.2. The van der Waals surface area contributed by atoms with E-state index in [1.165, 1.54) is 0 Å². The number of phenolic OH excluding ortho intramolecular Hbond substituents is 1. The summed E-state index contributed by atoms with van der Waals surface area (Å²) in [5.74, 6) is 0.184. The Morgan fingerprint density at radius 2 is 1.39 bits per heavy atom. The summed E-state index contributed by atoms with van der Waals surface area (Å²) in [6, 6.07) is 25.4. The van der Waals surface area contributed by atoms with Crippen LogP contribution in [0.1, 0.15) is 5.56 Å². The van der Waals surface area contributed by atoms with Crippen LogP contribution in [-0.4, -0.2) is 18.4 Å². The Bertz CT molecular complexity index is 795. The zero-order chi connectivity index (χ0) is 16.1. The van der Waals surface area contributed by atoms with Gasteiger partial charge in [0.15, 0.2) is 0 Å². The number of phenols is 1. The SMILES string of the molecule is CN(c1ccccc1)c1ccc(C=Nc2ccccc2O)cc1. The minimum Gasteiger partial charge on any atom is -0.506 e. The van der Waals surface area contributed by atoms with Crippen molar-refractivity contribution in [1.82, 2.24) is 0 Å². The monoisotopic (exact) mass is 302 g/mol. The van der Waals surface area contributed by atoms with E-state index >= 15 is 0 Å². The van der Waals surface area contributed by atoms with Crippen molar-refractivity contribution in [2.24, 2.45) is 4.99 Å². The highest BCUT2D eigenvalue weighted by molar-refractivity contribution is 5.83. The molecule has 0 atom stereocenters. The minimum atomic E-state index is 0.184. The van der Waals surface area contributed by atoms with E-state index in [2.05, 4.69) is 34.2 Å². The van der Waals surface area contributed by atoms with Gasteiger partial charge in [-0.2, -0.15) is 0 Å². The molecule has 0 saturated carbocycles. The molecule has 0 bridgehead atoms. The fraction of sp³-hybridized carbons (Fsp3) is 0.0500. The molecule has 0 aliphatic carbocycles. The summed E-state index contributed by atoms with van der Waals surface area (Å²) in [6.07, 6.45) is 1.75. The predicted molar refractivity (Wildman–Crippen MR) is 96.3 cm³/mol. The van der Waals surface area contributed by atoms with Gasteiger partial charge in [0, 0.05) is 24.6 Å². The number of aromatic hydroxyl groups is 1. The van der Waals surface area contributed by atoms with E-state index in [0.717, 1.165) is 16.9 Å². The smallest absolute Gasteiger partial charge is 0.141 e. The Kier molecular flexibility index (Phi) is 4.39. The molecule has 0 amide bonds. The van der Waals surface area contributed by atoms with Crippen LogP contribution in [0, 0.1) is 0 Å². The van der Waals surface area contributed by atoms with Crippen LogP contribution >= 0.6 is 0 Å². The van der Waals surface area contributed by atoms with Gasteiger partial charge in [0.2, 0.25) is 0 Å². The summed E-state index contributed by atoms with van der Waals surface area (Å²) in [4.78, 5) is 6.45. The van der Waals surface area contributed by atoms with Crippen molar-refractivity contribution < 1.29 is 5.11 Å². The largest absolute Gasteiger partial charge is 0.506 e. The average molecular weight is 302 g/mol. The van der Waals surface area contributed by atoms with Crippen molar-refractivity contribution in [2.75, 3.05) is 11.9 Å². The third-order valence-corrected chi connectivity index (χ3v) is 3.66. The average Bonchev–Trinajstić information content (AvgIpc) is 2.62. The second-order valence-electron chi connectivity index (χ2n) is 5.23. The molecular weight excluding hydrogens is 284 g/mol. The van der Waals surface area contributed by atoms with E-state index in [-0.39, 0.29) is 5.75 Å². The van der Waals surface area contributed by atoms with Crippen molar-refractivity contribution in [1.29, 1.82) is 0 Å². The summed E-state index contributed by atoms with van der Waals surface area (Å²) in [5, 5.41) is 9.71. The molecule has 0 spiro atoms. The highest BCUT2D eigenvalue weighted by atomic mass is 16.3. The van der Waals surface area contributed by atoms with Gasteiger partial charge in [-0.15, -0.1) is 0 Å². The van der Waals surface area contributed by atoms with E-state index in [9.17, 15) is 5.11 Å². The van der Waals surface area contributed by atoms with Gasteiger partial charge in [0.25, 0.3) is 0 Å². The van der Waals surface area contributed by atoms with Gasteiger partial charge in [0.05, 0.1) is 0 Å². The molecule has 3 aromatic carbocycles. The van der Waals surface area contributed by atoms with E-state index in [1.54, 1.807) is 24.4 Å². The Hall–Kier alpha value is -3.07. The molecule has 0 aliphatic rings. The quantitative estimate of drug-likeness (QED) is 0.695. The molecule has 3 heteroatoms. The van der Waals surface area contributed by atoms with Gasteiger partial charge in [-0.3, -0.25) is 4.99 Å². The molecule has 23 heavy (non-hydrogen) atoms. The van der Waals surface area contributed by atoms with Crippen molar-refractivity contribution >= 4 is 23.3 Å². The van der Waals surface area contributed by atoms with Crippen LogP contribution in [0.25, 0.3) is 0 Å². The Balaban J connectivity index is 1.76. The molecule has 1 N–H and O–H groups in total. The molecule has 114 valence electrons. The first-order valence-corrected chi connectivity index (χ1v) is 7.45. The van der Waals surface area contributed by atoms with Crippen LogP contribution in [0.5, 0.6) is 5.75 Å². The van der Waals surface area contributed by atoms with Gasteiger partial charge in [-0.05, 0) is 42.0 Å². The zero-order valence-corrected chi connectivity index (χ0v) is 12.9. The highest BCUT2D eigenvalue weighted by Crippen LogP contribution is 2.25. The maximum Gasteiger partial charge on any atom is 0.141 e. The van der Waals surface area contributed by atoms with Crippen LogP contribution in [0.2, 0.25) is 0 Å². The molecule has 3 rings (SSSR count). The number of rotatable bonds is 4. The van der Waals surface area contributed by atoms with E-state index in [0.29, 0.717) is 5.69 Å². The van der Waals surface area contributed by atoms with Crippen molar-refractivity contribution in [2.45, 2.75) is 0 Å². The molecular formula is C20H18N2O. The standard InChI is InChI=1S/C20H18N2O/c1-22(17-7-3-2-4-8-17)18-13-11-16(12-14-18)15-21-19-9-5-6-10-20(19)23/h2-15,23H,1H3. The topological polar surface area (TPSA) is 35.8 Å². The van der Waals surface area contributed by atoms with E-state index in [4.69, 9.17) is 0 Å². The highest BCUT2D eigenvalue weighted by Gasteiger charge is 2.02. The van der Waals surface area contributed by atoms with Gasteiger partial charge in [-0.25, -0.2) is 0 Å². The fourth-order valence-corrected chi connectivity index (χ4v) is 2.30. The fourth-order valence-electron chi connectivity index (χ4n) is 2.30. The summed E-state index contributed by atoms with van der Waals surface area (Å²) in [5.41, 5.74) is 3.80. The Morgan fingerprint density at radius 1 is 0.783 bits per heavy atom. The molecule has 0 aromatic heterocycles. The van der Waals surface area contributed by atoms with Gasteiger partial charge >= 0.3 is 0 Å². The van der Waals surface area contributed by atoms with Crippen molar-refractivity contribution in [3.63, 3.8) is 0 Å². The van der Waals surface area contributed by atoms with E-state index < -0.39 is 0 Å². The zero-order valence-electron chi connectivity index (χ0n) is 12.9. The van der Waals surface area contributed by atoms with Gasteiger partial charge in [-0.1, -0.05) is 42.5 Å². The minimum absolute atomic E-state index is 0.184. The van der Waals surface area contributed by atoms with Crippen molar-refractivity contribution in [3.8, 4) is 5.75 Å². The maximum absolute atomic E-state index is 9.71. The lowest BCUT2D eigenvalue weighted by molar-refractivity contribution is 0.477. The third kappa shape index (κ3) is 3.58.